The zero-order valence-corrected chi connectivity index (χ0v) is 12.0. The van der Waals surface area contributed by atoms with Gasteiger partial charge in [-0.2, -0.15) is 0 Å². The van der Waals surface area contributed by atoms with Crippen LogP contribution < -0.4 is 0 Å². The van der Waals surface area contributed by atoms with Crippen molar-refractivity contribution in [2.45, 2.75) is 13.8 Å². The number of esters is 1. The second kappa shape index (κ2) is 5.06. The number of nitrogens with zero attached hydrogens (tertiary/aromatic N) is 1. The van der Waals surface area contributed by atoms with E-state index in [4.69, 9.17) is 4.74 Å². The number of aliphatic imine (C=N–C) groups is 1. The Morgan fingerprint density at radius 1 is 1.10 bits per heavy atom. The van der Waals surface area contributed by atoms with Crippen molar-refractivity contribution in [3.63, 3.8) is 0 Å². The Hall–Kier alpha value is -2.20. The molecule has 0 atom stereocenters. The Morgan fingerprint density at radius 3 is 2.50 bits per heavy atom. The molecule has 3 rings (SSSR count). The zero-order chi connectivity index (χ0) is 14.1. The van der Waals surface area contributed by atoms with Gasteiger partial charge in [0.2, 0.25) is 5.90 Å². The van der Waals surface area contributed by atoms with Crippen LogP contribution in [0, 0.1) is 13.8 Å². The maximum absolute atomic E-state index is 11.8. The van der Waals surface area contributed by atoms with E-state index in [1.807, 2.05) is 50.2 Å². The minimum absolute atomic E-state index is 0.349. The Kier molecular flexibility index (Phi) is 3.24. The van der Waals surface area contributed by atoms with E-state index in [2.05, 4.69) is 4.99 Å². The third-order valence-corrected chi connectivity index (χ3v) is 3.91. The molecule has 0 aliphatic carbocycles. The van der Waals surface area contributed by atoms with Crippen molar-refractivity contribution in [1.82, 2.24) is 0 Å². The number of aryl methyl sites for hydroxylation is 2. The number of benzene rings is 1. The highest BCUT2D eigenvalue weighted by Gasteiger charge is 2.24. The Labute approximate surface area is 121 Å². The quantitative estimate of drug-likeness (QED) is 0.622. The van der Waals surface area contributed by atoms with Crippen LogP contribution >= 0.6 is 11.3 Å². The summed E-state index contributed by atoms with van der Waals surface area (Å²) < 4.78 is 5.23. The molecule has 0 saturated heterocycles. The number of carbonyl (C=O) groups is 1. The van der Waals surface area contributed by atoms with Gasteiger partial charge in [-0.15, -0.1) is 11.3 Å². The molecule has 100 valence electrons. The molecule has 0 spiro atoms. The number of cyclic esters (lactones) is 1. The number of hydrogen-bond donors (Lipinski definition) is 0. The van der Waals surface area contributed by atoms with Gasteiger partial charge in [-0.05, 0) is 44.2 Å². The third kappa shape index (κ3) is 2.56. The van der Waals surface area contributed by atoms with Gasteiger partial charge in [-0.3, -0.25) is 0 Å². The van der Waals surface area contributed by atoms with Crippen LogP contribution in [-0.4, -0.2) is 11.9 Å². The monoisotopic (exact) mass is 283 g/mol. The van der Waals surface area contributed by atoms with Crippen LogP contribution in [0.3, 0.4) is 0 Å². The molecule has 0 amide bonds. The van der Waals surface area contributed by atoms with Crippen molar-refractivity contribution in [1.29, 1.82) is 0 Å². The van der Waals surface area contributed by atoms with Gasteiger partial charge in [0.05, 0.1) is 0 Å². The summed E-state index contributed by atoms with van der Waals surface area (Å²) in [5.41, 5.74) is 2.32. The van der Waals surface area contributed by atoms with E-state index in [1.54, 1.807) is 17.4 Å². The number of rotatable bonds is 2. The molecular formula is C16H13NO2S. The molecule has 2 aromatic rings. The topological polar surface area (TPSA) is 38.7 Å². The van der Waals surface area contributed by atoms with E-state index in [0.29, 0.717) is 11.6 Å². The van der Waals surface area contributed by atoms with Gasteiger partial charge in [-0.1, -0.05) is 17.7 Å². The molecule has 3 nitrogen and oxygen atoms in total. The molecule has 1 aromatic carbocycles. The van der Waals surface area contributed by atoms with Crippen molar-refractivity contribution < 1.29 is 9.53 Å². The molecule has 0 N–H and O–H groups in total. The predicted molar refractivity (Wildman–Crippen MR) is 80.8 cm³/mol. The summed E-state index contributed by atoms with van der Waals surface area (Å²) in [7, 11) is 0. The third-order valence-electron chi connectivity index (χ3n) is 2.96. The largest absolute Gasteiger partial charge is 0.402 e. The van der Waals surface area contributed by atoms with Gasteiger partial charge >= 0.3 is 5.97 Å². The number of ether oxygens (including phenoxy) is 1. The second-order valence-electron chi connectivity index (χ2n) is 4.65. The summed E-state index contributed by atoms with van der Waals surface area (Å²) in [4.78, 5) is 18.3. The van der Waals surface area contributed by atoms with Crippen molar-refractivity contribution in [2.75, 3.05) is 0 Å². The van der Waals surface area contributed by atoms with Crippen LogP contribution in [0.5, 0.6) is 0 Å². The smallest absolute Gasteiger partial charge is 0.363 e. The maximum Gasteiger partial charge on any atom is 0.363 e. The molecule has 0 radical (unpaired) electrons. The standard InChI is InChI=1S/C16H13NO2S/c1-10-3-6-12(7-4-10)15-17-14(16(18)19-15)9-13-8-5-11(2)20-13/h3-9H,1-2H3/b14-9-. The lowest BCUT2D eigenvalue weighted by Gasteiger charge is -1.99. The van der Waals surface area contributed by atoms with Crippen LogP contribution in [0.15, 0.2) is 47.1 Å². The van der Waals surface area contributed by atoms with Crippen LogP contribution in [0.1, 0.15) is 20.9 Å². The molecule has 1 aliphatic heterocycles. The number of thiophene rings is 1. The first-order valence-electron chi connectivity index (χ1n) is 6.28. The van der Waals surface area contributed by atoms with Crippen LogP contribution in [-0.2, 0) is 9.53 Å². The molecule has 0 unspecified atom stereocenters. The molecular weight excluding hydrogens is 270 g/mol. The fourth-order valence-electron chi connectivity index (χ4n) is 1.89. The highest BCUT2D eigenvalue weighted by atomic mass is 32.1. The van der Waals surface area contributed by atoms with Crippen LogP contribution in [0.2, 0.25) is 0 Å². The highest BCUT2D eigenvalue weighted by Crippen LogP contribution is 2.23. The zero-order valence-electron chi connectivity index (χ0n) is 11.2. The summed E-state index contributed by atoms with van der Waals surface area (Å²) in [5, 5.41) is 0. The van der Waals surface area contributed by atoms with Gasteiger partial charge in [0.15, 0.2) is 5.70 Å². The fraction of sp³-hybridized carbons (Fsp3) is 0.125. The van der Waals surface area contributed by atoms with Crippen LogP contribution in [0.25, 0.3) is 6.08 Å². The number of carbonyl (C=O) groups excluding carboxylic acids is 1. The second-order valence-corrected chi connectivity index (χ2v) is 5.97. The summed E-state index contributed by atoms with van der Waals surface area (Å²) in [6, 6.07) is 11.7. The van der Waals surface area contributed by atoms with Crippen molar-refractivity contribution >= 4 is 29.3 Å². The Morgan fingerprint density at radius 2 is 1.85 bits per heavy atom. The normalized spacial score (nSPS) is 16.4. The summed E-state index contributed by atoms with van der Waals surface area (Å²) in [6.45, 7) is 4.04. The first kappa shape index (κ1) is 12.8. The van der Waals surface area contributed by atoms with E-state index in [9.17, 15) is 4.79 Å². The van der Waals surface area contributed by atoms with Gasteiger partial charge in [-0.25, -0.2) is 9.79 Å². The fourth-order valence-corrected chi connectivity index (χ4v) is 2.71. The maximum atomic E-state index is 11.8. The lowest BCUT2D eigenvalue weighted by molar-refractivity contribution is -0.129. The van der Waals surface area contributed by atoms with Crippen LogP contribution in [0.4, 0.5) is 0 Å². The molecule has 0 bridgehead atoms. The summed E-state index contributed by atoms with van der Waals surface area (Å²) >= 11 is 1.62. The van der Waals surface area contributed by atoms with Gasteiger partial charge < -0.3 is 4.74 Å². The summed E-state index contributed by atoms with van der Waals surface area (Å²) in [6.07, 6.45) is 1.77. The molecule has 20 heavy (non-hydrogen) atoms. The van der Waals surface area contributed by atoms with E-state index >= 15 is 0 Å². The van der Waals surface area contributed by atoms with Crippen molar-refractivity contribution in [3.05, 3.63) is 63.0 Å². The molecule has 2 heterocycles. The Bertz CT molecular complexity index is 723. The number of hydrogen-bond acceptors (Lipinski definition) is 4. The lowest BCUT2D eigenvalue weighted by Crippen LogP contribution is -2.05. The minimum Gasteiger partial charge on any atom is -0.402 e. The molecule has 1 aromatic heterocycles. The SMILES string of the molecule is Cc1ccc(C2=N/C(=C\c3ccc(C)s3)C(=O)O2)cc1. The van der Waals surface area contributed by atoms with Gasteiger partial charge in [0.1, 0.15) is 0 Å². The van der Waals surface area contributed by atoms with E-state index in [-0.39, 0.29) is 0 Å². The van der Waals surface area contributed by atoms with E-state index in [1.165, 1.54) is 4.88 Å². The molecule has 0 fully saturated rings. The molecule has 4 heteroatoms. The minimum atomic E-state index is -0.397. The van der Waals surface area contributed by atoms with Crippen molar-refractivity contribution in [3.8, 4) is 0 Å². The van der Waals surface area contributed by atoms with Crippen molar-refractivity contribution in [2.24, 2.45) is 4.99 Å². The van der Waals surface area contributed by atoms with Gasteiger partial charge in [0, 0.05) is 15.3 Å². The average molecular weight is 283 g/mol. The molecule has 1 aliphatic rings. The van der Waals surface area contributed by atoms with E-state index in [0.717, 1.165) is 16.0 Å². The predicted octanol–water partition coefficient (Wildman–Crippen LogP) is 3.71. The first-order chi connectivity index (χ1) is 9.61. The summed E-state index contributed by atoms with van der Waals surface area (Å²) in [5.74, 6) is -0.0267. The van der Waals surface area contributed by atoms with E-state index < -0.39 is 5.97 Å². The van der Waals surface area contributed by atoms with Gasteiger partial charge in [0.25, 0.3) is 0 Å². The first-order valence-corrected chi connectivity index (χ1v) is 7.09. The lowest BCUT2D eigenvalue weighted by atomic mass is 10.1. The molecule has 0 saturated carbocycles. The average Bonchev–Trinajstić information content (AvgIpc) is 2.98. The Balaban J connectivity index is 1.92. The highest BCUT2D eigenvalue weighted by molar-refractivity contribution is 7.12.